The topological polar surface area (TPSA) is 72.2 Å². The molecule has 0 spiro atoms. The van der Waals surface area contributed by atoms with Crippen LogP contribution in [0.5, 0.6) is 0 Å². The van der Waals surface area contributed by atoms with Gasteiger partial charge in [-0.05, 0) is 6.20 Å². The predicted molar refractivity (Wildman–Crippen MR) is 34.3 cm³/mol. The van der Waals surface area contributed by atoms with E-state index >= 15 is 0 Å². The van der Waals surface area contributed by atoms with Gasteiger partial charge in [-0.25, -0.2) is 0 Å². The molecule has 0 fully saturated rings. The van der Waals surface area contributed by atoms with Gasteiger partial charge in [-0.15, -0.1) is 0 Å². The van der Waals surface area contributed by atoms with Gasteiger partial charge in [-0.3, -0.25) is 9.59 Å². The summed E-state index contributed by atoms with van der Waals surface area (Å²) in [5.41, 5.74) is 4.47. The van der Waals surface area contributed by atoms with Gasteiger partial charge in [-0.2, -0.15) is 0 Å². The SMILES string of the molecule is C=CNC=O.CC(N)=O. The van der Waals surface area contributed by atoms with Crippen molar-refractivity contribution in [1.29, 1.82) is 0 Å². The molecular weight excluding hydrogens is 120 g/mol. The standard InChI is InChI=1S/C3H5NO.C2H5NO/c1-2-4-3-5;1-2(3)4/h2-3H,1H2,(H,4,5);1H3,(H2,3,4). The van der Waals surface area contributed by atoms with Crippen molar-refractivity contribution in [2.45, 2.75) is 6.92 Å². The minimum atomic E-state index is -0.333. The van der Waals surface area contributed by atoms with Gasteiger partial charge >= 0.3 is 0 Å². The summed E-state index contributed by atoms with van der Waals surface area (Å²) in [7, 11) is 0. The van der Waals surface area contributed by atoms with Crippen molar-refractivity contribution in [2.75, 3.05) is 0 Å². The van der Waals surface area contributed by atoms with Crippen LogP contribution in [0.25, 0.3) is 0 Å². The highest BCUT2D eigenvalue weighted by atomic mass is 16.1. The van der Waals surface area contributed by atoms with Crippen LogP contribution >= 0.6 is 0 Å². The maximum Gasteiger partial charge on any atom is 0.214 e. The van der Waals surface area contributed by atoms with Gasteiger partial charge in [0.25, 0.3) is 0 Å². The van der Waals surface area contributed by atoms with Gasteiger partial charge in [0.2, 0.25) is 12.3 Å². The Labute approximate surface area is 53.7 Å². The van der Waals surface area contributed by atoms with E-state index in [9.17, 15) is 9.59 Å². The molecule has 0 radical (unpaired) electrons. The molecule has 52 valence electrons. The Morgan fingerprint density at radius 2 is 2.11 bits per heavy atom. The molecule has 0 aromatic heterocycles. The summed E-state index contributed by atoms with van der Waals surface area (Å²) in [6.45, 7) is 4.51. The molecule has 4 nitrogen and oxygen atoms in total. The Morgan fingerprint density at radius 3 is 2.11 bits per heavy atom. The third-order valence-electron chi connectivity index (χ3n) is 0.186. The molecule has 9 heavy (non-hydrogen) atoms. The summed E-state index contributed by atoms with van der Waals surface area (Å²) < 4.78 is 0. The number of hydrogen-bond acceptors (Lipinski definition) is 2. The number of primary amides is 1. The fourth-order valence-corrected chi connectivity index (χ4v) is 0.0481. The minimum absolute atomic E-state index is 0.333. The number of carbonyl (C=O) groups excluding carboxylic acids is 2. The van der Waals surface area contributed by atoms with Crippen molar-refractivity contribution in [3.05, 3.63) is 12.8 Å². The van der Waals surface area contributed by atoms with E-state index in [-0.39, 0.29) is 5.91 Å². The van der Waals surface area contributed by atoms with Crippen molar-refractivity contribution < 1.29 is 9.59 Å². The molecule has 3 N–H and O–H groups in total. The number of nitrogens with two attached hydrogens (primary N) is 1. The molecule has 0 aromatic carbocycles. The Hall–Kier alpha value is -1.32. The molecule has 0 saturated carbocycles. The largest absolute Gasteiger partial charge is 0.370 e. The Balaban J connectivity index is 0. The van der Waals surface area contributed by atoms with E-state index in [1.165, 1.54) is 13.1 Å². The Kier molecular flexibility index (Phi) is 11.6. The average Bonchev–Trinajstić information content (AvgIpc) is 1.66. The first kappa shape index (κ1) is 10.6. The van der Waals surface area contributed by atoms with Crippen molar-refractivity contribution in [3.63, 3.8) is 0 Å². The second-order valence-electron chi connectivity index (χ2n) is 1.10. The molecule has 0 saturated heterocycles. The fourth-order valence-electron chi connectivity index (χ4n) is 0.0481. The molecule has 0 rings (SSSR count). The number of rotatable bonds is 2. The normalized spacial score (nSPS) is 5.89. The van der Waals surface area contributed by atoms with Crippen molar-refractivity contribution in [1.82, 2.24) is 5.32 Å². The van der Waals surface area contributed by atoms with Crippen molar-refractivity contribution >= 4 is 12.3 Å². The maximum atomic E-state index is 9.22. The van der Waals surface area contributed by atoms with Crippen LogP contribution in [0.15, 0.2) is 12.8 Å². The fraction of sp³-hybridized carbons (Fsp3) is 0.200. The summed E-state index contributed by atoms with van der Waals surface area (Å²) in [4.78, 5) is 18.4. The number of nitrogens with one attached hydrogen (secondary N) is 1. The molecule has 0 aromatic rings. The lowest BCUT2D eigenvalue weighted by atomic mass is 10.8. The molecule has 0 aliphatic heterocycles. The summed E-state index contributed by atoms with van der Waals surface area (Å²) in [5, 5.41) is 2.19. The van der Waals surface area contributed by atoms with Crippen LogP contribution in [0.3, 0.4) is 0 Å². The van der Waals surface area contributed by atoms with Crippen LogP contribution in [0.1, 0.15) is 6.92 Å². The smallest absolute Gasteiger partial charge is 0.214 e. The van der Waals surface area contributed by atoms with E-state index in [0.29, 0.717) is 6.41 Å². The Bertz CT molecular complexity index is 91.1. The first-order valence-electron chi connectivity index (χ1n) is 2.21. The molecule has 0 aliphatic rings. The van der Waals surface area contributed by atoms with E-state index in [1.54, 1.807) is 0 Å². The van der Waals surface area contributed by atoms with Gasteiger partial charge in [0.15, 0.2) is 0 Å². The van der Waals surface area contributed by atoms with Crippen LogP contribution in [0.2, 0.25) is 0 Å². The van der Waals surface area contributed by atoms with Crippen LogP contribution in [0.4, 0.5) is 0 Å². The number of hydrogen-bond donors (Lipinski definition) is 2. The monoisotopic (exact) mass is 130 g/mol. The Morgan fingerprint density at radius 1 is 1.78 bits per heavy atom. The van der Waals surface area contributed by atoms with E-state index in [0.717, 1.165) is 0 Å². The third-order valence-corrected chi connectivity index (χ3v) is 0.186. The van der Waals surface area contributed by atoms with Gasteiger partial charge in [0, 0.05) is 6.92 Å². The summed E-state index contributed by atoms with van der Waals surface area (Å²) >= 11 is 0. The maximum absolute atomic E-state index is 9.22. The first-order valence-corrected chi connectivity index (χ1v) is 2.21. The molecule has 0 aliphatic carbocycles. The molecule has 0 heterocycles. The summed E-state index contributed by atoms with van der Waals surface area (Å²) in [5.74, 6) is -0.333. The predicted octanol–water partition coefficient (Wildman–Crippen LogP) is -0.632. The molecule has 4 heteroatoms. The molecule has 0 unspecified atom stereocenters. The minimum Gasteiger partial charge on any atom is -0.370 e. The first-order chi connectivity index (χ1) is 4.15. The van der Waals surface area contributed by atoms with Crippen molar-refractivity contribution in [2.24, 2.45) is 5.73 Å². The lowest BCUT2D eigenvalue weighted by Crippen LogP contribution is -2.01. The van der Waals surface area contributed by atoms with Gasteiger partial charge < -0.3 is 11.1 Å². The van der Waals surface area contributed by atoms with Crippen molar-refractivity contribution in [3.8, 4) is 0 Å². The zero-order chi connectivity index (χ0) is 7.70. The number of carbonyl (C=O) groups is 2. The van der Waals surface area contributed by atoms with Gasteiger partial charge in [-0.1, -0.05) is 6.58 Å². The molecule has 2 amide bonds. The molecule has 0 bridgehead atoms. The highest BCUT2D eigenvalue weighted by Gasteiger charge is 1.61. The lowest BCUT2D eigenvalue weighted by molar-refractivity contribution is -0.116. The van der Waals surface area contributed by atoms with E-state index in [2.05, 4.69) is 17.6 Å². The zero-order valence-corrected chi connectivity index (χ0v) is 5.26. The van der Waals surface area contributed by atoms with E-state index in [1.807, 2.05) is 0 Å². The highest BCUT2D eigenvalue weighted by Crippen LogP contribution is 1.35. The average molecular weight is 130 g/mol. The second-order valence-corrected chi connectivity index (χ2v) is 1.10. The van der Waals surface area contributed by atoms with Crippen LogP contribution < -0.4 is 11.1 Å². The second kappa shape index (κ2) is 9.84. The van der Waals surface area contributed by atoms with E-state index in [4.69, 9.17) is 0 Å². The lowest BCUT2D eigenvalue weighted by Gasteiger charge is -1.70. The van der Waals surface area contributed by atoms with Gasteiger partial charge in [0.1, 0.15) is 0 Å². The van der Waals surface area contributed by atoms with Crippen LogP contribution in [0, 0.1) is 0 Å². The quantitative estimate of drug-likeness (QED) is 0.488. The van der Waals surface area contributed by atoms with Crippen LogP contribution in [-0.4, -0.2) is 12.3 Å². The van der Waals surface area contributed by atoms with Crippen LogP contribution in [-0.2, 0) is 9.59 Å². The van der Waals surface area contributed by atoms with E-state index < -0.39 is 0 Å². The highest BCUT2D eigenvalue weighted by molar-refractivity contribution is 5.70. The summed E-state index contributed by atoms with van der Waals surface area (Å²) in [6, 6.07) is 0. The molecular formula is C5H10N2O2. The third kappa shape index (κ3) is 316. The zero-order valence-electron chi connectivity index (χ0n) is 5.26. The summed E-state index contributed by atoms with van der Waals surface area (Å²) in [6.07, 6.45) is 1.88. The van der Waals surface area contributed by atoms with Gasteiger partial charge in [0.05, 0.1) is 0 Å². The number of amides is 2. The molecule has 0 atom stereocenters.